The van der Waals surface area contributed by atoms with Crippen LogP contribution in [0.3, 0.4) is 0 Å². The molecule has 0 saturated heterocycles. The van der Waals surface area contributed by atoms with Crippen LogP contribution in [0.5, 0.6) is 11.5 Å². The number of benzene rings is 6. The van der Waals surface area contributed by atoms with E-state index in [-0.39, 0.29) is 0 Å². The van der Waals surface area contributed by atoms with E-state index < -0.39 is 5.41 Å². The van der Waals surface area contributed by atoms with Crippen LogP contribution in [0.15, 0.2) is 132 Å². The number of hydrogen-bond acceptors (Lipinski definition) is 3. The fourth-order valence-electron chi connectivity index (χ4n) is 6.99. The highest BCUT2D eigenvalue weighted by atomic mass is 35.5. The molecule has 4 heteroatoms. The zero-order valence-electron chi connectivity index (χ0n) is 21.8. The van der Waals surface area contributed by atoms with Crippen LogP contribution in [0.1, 0.15) is 22.3 Å². The van der Waals surface area contributed by atoms with Crippen molar-refractivity contribution in [2.45, 2.75) is 5.41 Å². The van der Waals surface area contributed by atoms with Gasteiger partial charge in [0, 0.05) is 39.2 Å². The van der Waals surface area contributed by atoms with Gasteiger partial charge in [0.15, 0.2) is 0 Å². The van der Waals surface area contributed by atoms with Crippen molar-refractivity contribution in [2.75, 3.05) is 5.32 Å². The van der Waals surface area contributed by atoms with Crippen LogP contribution < -0.4 is 10.1 Å². The minimum Gasteiger partial charge on any atom is -0.457 e. The van der Waals surface area contributed by atoms with E-state index in [9.17, 15) is 0 Å². The number of rotatable bonds is 2. The van der Waals surface area contributed by atoms with Gasteiger partial charge in [-0.15, -0.1) is 0 Å². The second-order valence-corrected chi connectivity index (χ2v) is 11.1. The largest absolute Gasteiger partial charge is 0.457 e. The minimum atomic E-state index is -0.512. The highest BCUT2D eigenvalue weighted by molar-refractivity contribution is 6.34. The molecule has 1 N–H and O–H groups in total. The van der Waals surface area contributed by atoms with E-state index in [0.29, 0.717) is 5.02 Å². The summed E-state index contributed by atoms with van der Waals surface area (Å²) in [7, 11) is 0. The molecule has 194 valence electrons. The molecule has 2 heterocycles. The molecule has 1 spiro atoms. The van der Waals surface area contributed by atoms with Crippen LogP contribution >= 0.6 is 11.6 Å². The van der Waals surface area contributed by atoms with Gasteiger partial charge in [0.2, 0.25) is 0 Å². The van der Waals surface area contributed by atoms with E-state index >= 15 is 0 Å². The molecule has 0 amide bonds. The Labute approximate surface area is 241 Å². The predicted octanol–water partition coefficient (Wildman–Crippen LogP) is 10.5. The SMILES string of the molecule is Clc1cc2c(cc1Nc1cccc3c1-c1ccccc1C31c3ccccc3Oc3ccccc31)oc1ccccc12. The van der Waals surface area contributed by atoms with Gasteiger partial charge in [-0.25, -0.2) is 0 Å². The van der Waals surface area contributed by atoms with E-state index in [4.69, 9.17) is 20.8 Å². The maximum atomic E-state index is 6.92. The van der Waals surface area contributed by atoms with Crippen molar-refractivity contribution in [3.63, 3.8) is 0 Å². The molecule has 2 aliphatic rings. The monoisotopic (exact) mass is 547 g/mol. The Bertz CT molecular complexity index is 2150. The smallest absolute Gasteiger partial charge is 0.137 e. The van der Waals surface area contributed by atoms with E-state index in [1.165, 1.54) is 16.7 Å². The predicted molar refractivity (Wildman–Crippen MR) is 166 cm³/mol. The first kappa shape index (κ1) is 22.8. The van der Waals surface area contributed by atoms with Crippen molar-refractivity contribution in [2.24, 2.45) is 0 Å². The van der Waals surface area contributed by atoms with Gasteiger partial charge in [-0.2, -0.15) is 0 Å². The summed E-state index contributed by atoms with van der Waals surface area (Å²) in [6.07, 6.45) is 0. The molecule has 0 unspecified atom stereocenters. The molecule has 6 aromatic carbocycles. The van der Waals surface area contributed by atoms with Crippen molar-refractivity contribution in [1.82, 2.24) is 0 Å². The lowest BCUT2D eigenvalue weighted by atomic mass is 9.66. The second-order valence-electron chi connectivity index (χ2n) is 10.7. The molecule has 1 aromatic heterocycles. The molecule has 1 aliphatic heterocycles. The Kier molecular flexibility index (Phi) is 4.59. The average molecular weight is 548 g/mol. The maximum absolute atomic E-state index is 6.92. The van der Waals surface area contributed by atoms with Crippen LogP contribution in [-0.4, -0.2) is 0 Å². The number of para-hydroxylation sites is 3. The van der Waals surface area contributed by atoms with Crippen molar-refractivity contribution in [3.05, 3.63) is 155 Å². The first-order chi connectivity index (χ1) is 20.2. The topological polar surface area (TPSA) is 34.4 Å². The van der Waals surface area contributed by atoms with Gasteiger partial charge in [-0.05, 0) is 47.0 Å². The van der Waals surface area contributed by atoms with Gasteiger partial charge < -0.3 is 14.5 Å². The normalized spacial score (nSPS) is 13.9. The first-order valence-corrected chi connectivity index (χ1v) is 14.1. The number of halogens is 1. The van der Waals surface area contributed by atoms with Crippen LogP contribution in [0.4, 0.5) is 11.4 Å². The van der Waals surface area contributed by atoms with Crippen molar-refractivity contribution in [1.29, 1.82) is 0 Å². The highest BCUT2D eigenvalue weighted by Crippen LogP contribution is 2.63. The van der Waals surface area contributed by atoms with Gasteiger partial charge in [0.1, 0.15) is 22.7 Å². The van der Waals surface area contributed by atoms with Gasteiger partial charge in [0.05, 0.1) is 16.1 Å². The Morgan fingerprint density at radius 3 is 2.00 bits per heavy atom. The van der Waals surface area contributed by atoms with Gasteiger partial charge in [0.25, 0.3) is 0 Å². The van der Waals surface area contributed by atoms with Crippen LogP contribution in [-0.2, 0) is 5.41 Å². The molecule has 9 rings (SSSR count). The molecule has 1 aliphatic carbocycles. The van der Waals surface area contributed by atoms with E-state index in [0.717, 1.165) is 61.5 Å². The number of furan rings is 1. The zero-order valence-corrected chi connectivity index (χ0v) is 22.6. The van der Waals surface area contributed by atoms with Crippen molar-refractivity contribution < 1.29 is 9.15 Å². The quantitative estimate of drug-likeness (QED) is 0.234. The molecule has 0 fully saturated rings. The number of anilines is 2. The number of nitrogens with one attached hydrogen (secondary N) is 1. The minimum absolute atomic E-state index is 0.512. The standard InChI is InChI=1S/C37H22ClNO2/c38-29-20-24-22-10-2-6-17-32(22)40-35(24)21-31(29)39-30-16-9-15-28-36(30)23-11-1-3-12-25(23)37(28)26-13-4-7-18-33(26)41-34-19-8-5-14-27(34)37/h1-21,39H. The summed E-state index contributed by atoms with van der Waals surface area (Å²) in [6, 6.07) is 44.1. The summed E-state index contributed by atoms with van der Waals surface area (Å²) in [5.41, 5.74) is 10.0. The van der Waals surface area contributed by atoms with Gasteiger partial charge in [-0.3, -0.25) is 0 Å². The molecule has 0 bridgehead atoms. The number of fused-ring (bicyclic) bond motifs is 12. The third kappa shape index (κ3) is 2.99. The summed E-state index contributed by atoms with van der Waals surface area (Å²) in [4.78, 5) is 0. The second kappa shape index (κ2) is 8.26. The molecule has 0 saturated carbocycles. The van der Waals surface area contributed by atoms with E-state index in [1.54, 1.807) is 0 Å². The van der Waals surface area contributed by atoms with Crippen molar-refractivity contribution >= 4 is 44.9 Å². The van der Waals surface area contributed by atoms with Crippen LogP contribution in [0, 0.1) is 0 Å². The Hall–Kier alpha value is -4.99. The Balaban J connectivity index is 1.30. The molecular weight excluding hydrogens is 526 g/mol. The summed E-state index contributed by atoms with van der Waals surface area (Å²) < 4.78 is 12.6. The molecular formula is C37H22ClNO2. The zero-order chi connectivity index (χ0) is 27.1. The molecule has 7 aromatic rings. The van der Waals surface area contributed by atoms with Gasteiger partial charge >= 0.3 is 0 Å². The van der Waals surface area contributed by atoms with E-state index in [1.807, 2.05) is 42.5 Å². The Morgan fingerprint density at radius 2 is 1.20 bits per heavy atom. The molecule has 0 radical (unpaired) electrons. The number of ether oxygens (including phenoxy) is 1. The fourth-order valence-corrected chi connectivity index (χ4v) is 7.20. The van der Waals surface area contributed by atoms with Crippen LogP contribution in [0.25, 0.3) is 33.1 Å². The lowest BCUT2D eigenvalue weighted by molar-refractivity contribution is 0.436. The average Bonchev–Trinajstić information content (AvgIpc) is 3.52. The molecule has 0 atom stereocenters. The van der Waals surface area contributed by atoms with E-state index in [2.05, 4.69) is 90.2 Å². The fraction of sp³-hybridized carbons (Fsp3) is 0.0270. The van der Waals surface area contributed by atoms with Gasteiger partial charge in [-0.1, -0.05) is 103 Å². The summed E-state index contributed by atoms with van der Waals surface area (Å²) in [5, 5.41) is 6.41. The molecule has 41 heavy (non-hydrogen) atoms. The summed E-state index contributed by atoms with van der Waals surface area (Å²) >= 11 is 6.92. The lowest BCUT2D eigenvalue weighted by Crippen LogP contribution is -2.32. The summed E-state index contributed by atoms with van der Waals surface area (Å²) in [6.45, 7) is 0. The highest BCUT2D eigenvalue weighted by Gasteiger charge is 2.51. The molecule has 3 nitrogen and oxygen atoms in total. The first-order valence-electron chi connectivity index (χ1n) is 13.7. The summed E-state index contributed by atoms with van der Waals surface area (Å²) in [5.74, 6) is 1.76. The lowest BCUT2D eigenvalue weighted by Gasteiger charge is -2.39. The third-order valence-electron chi connectivity index (χ3n) is 8.61. The van der Waals surface area contributed by atoms with Crippen LogP contribution in [0.2, 0.25) is 5.02 Å². The number of hydrogen-bond donors (Lipinski definition) is 1. The third-order valence-corrected chi connectivity index (χ3v) is 8.92. The maximum Gasteiger partial charge on any atom is 0.137 e. The Morgan fingerprint density at radius 1 is 0.537 bits per heavy atom. The van der Waals surface area contributed by atoms with Crippen molar-refractivity contribution in [3.8, 4) is 22.6 Å².